The molecule has 0 saturated heterocycles. The number of hydrogen-bond acceptors (Lipinski definition) is 3. The maximum absolute atomic E-state index is 13.2. The van der Waals surface area contributed by atoms with E-state index in [1.165, 1.54) is 23.1 Å². The minimum atomic E-state index is -0.663. The number of rotatable bonds is 3. The van der Waals surface area contributed by atoms with Gasteiger partial charge in [-0.3, -0.25) is 4.79 Å². The first-order valence-electron chi connectivity index (χ1n) is 9.19. The molecule has 0 radical (unpaired) electrons. The lowest BCUT2D eigenvalue weighted by atomic mass is 10.0. The van der Waals surface area contributed by atoms with Crippen LogP contribution in [-0.2, 0) is 4.74 Å². The Morgan fingerprint density at radius 1 is 0.781 bits per heavy atom. The third kappa shape index (κ3) is 4.47. The molecule has 0 fully saturated rings. The van der Waals surface area contributed by atoms with Crippen LogP contribution in [0.4, 0.5) is 5.69 Å². The van der Waals surface area contributed by atoms with E-state index in [1.807, 2.05) is 0 Å². The highest BCUT2D eigenvalue weighted by Crippen LogP contribution is 2.39. The fourth-order valence-electron chi connectivity index (χ4n) is 3.26. The molecule has 32 heavy (non-hydrogen) atoms. The van der Waals surface area contributed by atoms with E-state index in [0.717, 1.165) is 0 Å². The van der Waals surface area contributed by atoms with Crippen LogP contribution in [0.3, 0.4) is 0 Å². The molecule has 9 heteroatoms. The van der Waals surface area contributed by atoms with Gasteiger partial charge in [0, 0.05) is 22.2 Å². The molecular weight excluding hydrogens is 516 g/mol. The maximum Gasteiger partial charge on any atom is 0.345 e. The third-order valence-electron chi connectivity index (χ3n) is 4.74. The molecule has 0 N–H and O–H groups in total. The standard InChI is InChI=1S/C23H12Cl5NO3/c24-12-4-6-14(18(27)10-12)22(30)29-9-8-20(16-2-1-3-17(26)21(16)29)32-23(31)15-7-5-13(25)11-19(15)28/h1-8,10-11H,9H2. The van der Waals surface area contributed by atoms with E-state index in [-0.39, 0.29) is 39.4 Å². The average Bonchev–Trinajstić information content (AvgIpc) is 2.74. The number of benzene rings is 3. The molecule has 1 aliphatic rings. The van der Waals surface area contributed by atoms with Crippen LogP contribution in [0, 0.1) is 0 Å². The topological polar surface area (TPSA) is 46.6 Å². The largest absolute Gasteiger partial charge is 0.422 e. The Hall–Kier alpha value is -2.21. The predicted molar refractivity (Wildman–Crippen MR) is 129 cm³/mol. The summed E-state index contributed by atoms with van der Waals surface area (Å²) < 4.78 is 5.61. The van der Waals surface area contributed by atoms with Gasteiger partial charge in [-0.15, -0.1) is 0 Å². The van der Waals surface area contributed by atoms with Crippen molar-refractivity contribution in [1.29, 1.82) is 0 Å². The second kappa shape index (κ2) is 9.34. The molecule has 0 unspecified atom stereocenters. The van der Waals surface area contributed by atoms with Gasteiger partial charge in [0.2, 0.25) is 0 Å². The Morgan fingerprint density at radius 3 is 2.03 bits per heavy atom. The molecular formula is C23H12Cl5NO3. The van der Waals surface area contributed by atoms with Crippen LogP contribution >= 0.6 is 58.0 Å². The normalized spacial score (nSPS) is 12.8. The second-order valence-electron chi connectivity index (χ2n) is 6.76. The van der Waals surface area contributed by atoms with Crippen LogP contribution in [-0.4, -0.2) is 18.4 Å². The van der Waals surface area contributed by atoms with Crippen molar-refractivity contribution < 1.29 is 14.3 Å². The van der Waals surface area contributed by atoms with Gasteiger partial charge in [0.05, 0.1) is 31.9 Å². The Morgan fingerprint density at radius 2 is 1.41 bits per heavy atom. The quantitative estimate of drug-likeness (QED) is 0.326. The lowest BCUT2D eigenvalue weighted by Crippen LogP contribution is -2.34. The molecule has 4 nitrogen and oxygen atoms in total. The minimum absolute atomic E-state index is 0.103. The number of anilines is 1. The maximum atomic E-state index is 13.2. The summed E-state index contributed by atoms with van der Waals surface area (Å²) in [6, 6.07) is 14.1. The van der Waals surface area contributed by atoms with Crippen molar-refractivity contribution in [2.24, 2.45) is 0 Å². The number of carbonyl (C=O) groups is 2. The van der Waals surface area contributed by atoms with Crippen molar-refractivity contribution in [3.8, 4) is 0 Å². The summed E-state index contributed by atoms with van der Waals surface area (Å²) in [5.41, 5.74) is 1.30. The lowest BCUT2D eigenvalue weighted by Gasteiger charge is -2.30. The molecule has 0 saturated carbocycles. The summed E-state index contributed by atoms with van der Waals surface area (Å²) in [4.78, 5) is 27.4. The van der Waals surface area contributed by atoms with Gasteiger partial charge in [-0.1, -0.05) is 64.1 Å². The zero-order chi connectivity index (χ0) is 23.0. The molecule has 0 atom stereocenters. The summed E-state index contributed by atoms with van der Waals surface area (Å²) >= 11 is 30.6. The van der Waals surface area contributed by atoms with E-state index >= 15 is 0 Å². The van der Waals surface area contributed by atoms with Crippen molar-refractivity contribution in [3.05, 3.63) is 102 Å². The predicted octanol–water partition coefficient (Wildman–Crippen LogP) is 7.81. The number of amides is 1. The molecule has 3 aromatic rings. The number of ether oxygens (including phenoxy) is 1. The first kappa shape index (κ1) is 23.0. The van der Waals surface area contributed by atoms with Crippen molar-refractivity contribution >= 4 is 81.3 Å². The molecule has 1 heterocycles. The van der Waals surface area contributed by atoms with Gasteiger partial charge in [0.25, 0.3) is 5.91 Å². The van der Waals surface area contributed by atoms with Gasteiger partial charge in [0.15, 0.2) is 0 Å². The van der Waals surface area contributed by atoms with Crippen LogP contribution in [0.5, 0.6) is 0 Å². The minimum Gasteiger partial charge on any atom is -0.422 e. The molecule has 4 rings (SSSR count). The number of para-hydroxylation sites is 1. The highest BCUT2D eigenvalue weighted by molar-refractivity contribution is 6.38. The molecule has 3 aromatic carbocycles. The van der Waals surface area contributed by atoms with Gasteiger partial charge in [-0.2, -0.15) is 0 Å². The Balaban J connectivity index is 1.69. The fraction of sp³-hybridized carbons (Fsp3) is 0.0435. The van der Waals surface area contributed by atoms with Crippen LogP contribution in [0.1, 0.15) is 26.3 Å². The number of hydrogen-bond donors (Lipinski definition) is 0. The van der Waals surface area contributed by atoms with Gasteiger partial charge >= 0.3 is 5.97 Å². The van der Waals surface area contributed by atoms with Crippen molar-refractivity contribution in [3.63, 3.8) is 0 Å². The summed E-state index contributed by atoms with van der Waals surface area (Å²) in [7, 11) is 0. The SMILES string of the molecule is O=C(OC1=CCN(C(=O)c2ccc(Cl)cc2Cl)c2c(Cl)cccc21)c1ccc(Cl)cc1Cl. The van der Waals surface area contributed by atoms with Gasteiger partial charge in [0.1, 0.15) is 5.76 Å². The van der Waals surface area contributed by atoms with E-state index in [9.17, 15) is 9.59 Å². The highest BCUT2D eigenvalue weighted by Gasteiger charge is 2.30. The molecule has 1 amide bonds. The van der Waals surface area contributed by atoms with E-state index in [4.69, 9.17) is 62.7 Å². The first-order valence-corrected chi connectivity index (χ1v) is 11.1. The number of esters is 1. The van der Waals surface area contributed by atoms with E-state index in [1.54, 1.807) is 42.5 Å². The molecule has 1 aliphatic heterocycles. The van der Waals surface area contributed by atoms with Crippen LogP contribution in [0.25, 0.3) is 5.76 Å². The second-order valence-corrected chi connectivity index (χ2v) is 8.85. The van der Waals surface area contributed by atoms with E-state index < -0.39 is 5.97 Å². The Bertz CT molecular complexity index is 1290. The average molecular weight is 528 g/mol. The summed E-state index contributed by atoms with van der Waals surface area (Å²) in [6.07, 6.45) is 1.61. The number of halogens is 5. The lowest BCUT2D eigenvalue weighted by molar-refractivity contribution is 0.0691. The molecule has 0 aliphatic carbocycles. The van der Waals surface area contributed by atoms with E-state index in [0.29, 0.717) is 26.3 Å². The summed E-state index contributed by atoms with van der Waals surface area (Å²) in [5.74, 6) is -0.780. The number of fused-ring (bicyclic) bond motifs is 1. The zero-order valence-corrected chi connectivity index (χ0v) is 19.8. The van der Waals surface area contributed by atoms with Crippen LogP contribution in [0.15, 0.2) is 60.7 Å². The Labute approximate surface area is 208 Å². The smallest absolute Gasteiger partial charge is 0.345 e. The van der Waals surface area contributed by atoms with Crippen molar-refractivity contribution in [1.82, 2.24) is 0 Å². The highest BCUT2D eigenvalue weighted by atomic mass is 35.5. The third-order valence-corrected chi connectivity index (χ3v) is 6.14. The van der Waals surface area contributed by atoms with E-state index in [2.05, 4.69) is 0 Å². The van der Waals surface area contributed by atoms with Crippen molar-refractivity contribution in [2.45, 2.75) is 0 Å². The summed E-state index contributed by atoms with van der Waals surface area (Å²) in [6.45, 7) is 0.103. The summed E-state index contributed by atoms with van der Waals surface area (Å²) in [5, 5.41) is 1.51. The number of carbonyl (C=O) groups excluding carboxylic acids is 2. The van der Waals surface area contributed by atoms with Crippen LogP contribution < -0.4 is 4.90 Å². The Kier molecular flexibility index (Phi) is 6.70. The zero-order valence-electron chi connectivity index (χ0n) is 16.0. The molecule has 0 aromatic heterocycles. The fourth-order valence-corrected chi connectivity index (χ4v) is 4.51. The van der Waals surface area contributed by atoms with Gasteiger partial charge < -0.3 is 9.64 Å². The number of nitrogens with zero attached hydrogens (tertiary/aromatic N) is 1. The molecule has 162 valence electrons. The van der Waals surface area contributed by atoms with Gasteiger partial charge in [-0.25, -0.2) is 4.79 Å². The van der Waals surface area contributed by atoms with Crippen molar-refractivity contribution in [2.75, 3.05) is 11.4 Å². The van der Waals surface area contributed by atoms with Crippen LogP contribution in [0.2, 0.25) is 25.1 Å². The first-order chi connectivity index (χ1) is 15.3. The van der Waals surface area contributed by atoms with Gasteiger partial charge in [-0.05, 0) is 54.6 Å². The molecule has 0 bridgehead atoms. The molecule has 0 spiro atoms. The monoisotopic (exact) mass is 525 g/mol.